The highest BCUT2D eigenvalue weighted by Crippen LogP contribution is 2.38. The number of rotatable bonds is 6. The van der Waals surface area contributed by atoms with E-state index >= 15 is 0 Å². The van der Waals surface area contributed by atoms with Crippen molar-refractivity contribution in [1.29, 1.82) is 0 Å². The zero-order valence-corrected chi connectivity index (χ0v) is 11.7. The molecule has 2 unspecified atom stereocenters. The van der Waals surface area contributed by atoms with Crippen LogP contribution in [0.3, 0.4) is 0 Å². The van der Waals surface area contributed by atoms with Crippen LogP contribution in [0.4, 0.5) is 11.4 Å². The molecule has 1 aliphatic rings. The number of nitrogens with one attached hydrogen (secondary N) is 2. The number of nitrogens with two attached hydrogens (primary N) is 1. The van der Waals surface area contributed by atoms with Crippen LogP contribution in [0.15, 0.2) is 18.2 Å². The maximum atomic E-state index is 11.7. The lowest BCUT2D eigenvalue weighted by atomic mass is 10.1. The summed E-state index contributed by atoms with van der Waals surface area (Å²) >= 11 is 0. The van der Waals surface area contributed by atoms with Crippen molar-refractivity contribution < 1.29 is 4.79 Å². The Balaban J connectivity index is 1.98. The SMILES string of the molecule is CCCC1CC1Nc1ccc(C(=O)NCC)cc1N. The average Bonchev–Trinajstić information content (AvgIpc) is 3.11. The van der Waals surface area contributed by atoms with Gasteiger partial charge in [0.1, 0.15) is 0 Å². The Kier molecular flexibility index (Phi) is 4.30. The Hall–Kier alpha value is -1.71. The molecule has 0 bridgehead atoms. The zero-order valence-electron chi connectivity index (χ0n) is 11.7. The second-order valence-electron chi connectivity index (χ2n) is 5.20. The maximum Gasteiger partial charge on any atom is 0.251 e. The first-order valence-electron chi connectivity index (χ1n) is 7.10. The van der Waals surface area contributed by atoms with Gasteiger partial charge in [0.25, 0.3) is 5.91 Å². The van der Waals surface area contributed by atoms with E-state index < -0.39 is 0 Å². The van der Waals surface area contributed by atoms with Crippen LogP contribution in [0.1, 0.15) is 43.5 Å². The van der Waals surface area contributed by atoms with Gasteiger partial charge in [-0.15, -0.1) is 0 Å². The van der Waals surface area contributed by atoms with Gasteiger partial charge in [-0.25, -0.2) is 0 Å². The summed E-state index contributed by atoms with van der Waals surface area (Å²) in [4.78, 5) is 11.7. The molecule has 19 heavy (non-hydrogen) atoms. The van der Waals surface area contributed by atoms with Crippen LogP contribution in [-0.2, 0) is 0 Å². The predicted molar refractivity (Wildman–Crippen MR) is 79.3 cm³/mol. The summed E-state index contributed by atoms with van der Waals surface area (Å²) in [5.41, 5.74) is 8.21. The van der Waals surface area contributed by atoms with Crippen LogP contribution < -0.4 is 16.4 Å². The molecule has 2 rings (SSSR count). The molecule has 1 amide bonds. The molecule has 0 aliphatic heterocycles. The Morgan fingerprint density at radius 2 is 2.21 bits per heavy atom. The van der Waals surface area contributed by atoms with Crippen molar-refractivity contribution in [1.82, 2.24) is 5.32 Å². The van der Waals surface area contributed by atoms with Gasteiger partial charge in [-0.1, -0.05) is 13.3 Å². The lowest BCUT2D eigenvalue weighted by Crippen LogP contribution is -2.22. The van der Waals surface area contributed by atoms with E-state index in [1.54, 1.807) is 6.07 Å². The molecule has 1 aromatic carbocycles. The van der Waals surface area contributed by atoms with E-state index in [2.05, 4.69) is 17.6 Å². The minimum atomic E-state index is -0.0731. The van der Waals surface area contributed by atoms with Crippen molar-refractivity contribution >= 4 is 17.3 Å². The van der Waals surface area contributed by atoms with Gasteiger partial charge >= 0.3 is 0 Å². The van der Waals surface area contributed by atoms with Crippen molar-refractivity contribution in [2.24, 2.45) is 5.92 Å². The van der Waals surface area contributed by atoms with Gasteiger partial charge in [-0.05, 0) is 43.9 Å². The number of anilines is 2. The van der Waals surface area contributed by atoms with Crippen LogP contribution in [0.2, 0.25) is 0 Å². The first-order chi connectivity index (χ1) is 9.15. The second kappa shape index (κ2) is 5.95. The summed E-state index contributed by atoms with van der Waals surface area (Å²) in [6.07, 6.45) is 3.73. The molecule has 0 radical (unpaired) electrons. The van der Waals surface area contributed by atoms with E-state index in [0.29, 0.717) is 23.8 Å². The van der Waals surface area contributed by atoms with E-state index in [9.17, 15) is 4.79 Å². The molecular formula is C15H23N3O. The Morgan fingerprint density at radius 1 is 1.42 bits per heavy atom. The molecule has 2 atom stereocenters. The highest BCUT2D eigenvalue weighted by atomic mass is 16.1. The monoisotopic (exact) mass is 261 g/mol. The van der Waals surface area contributed by atoms with Crippen molar-refractivity contribution in [3.05, 3.63) is 23.8 Å². The molecule has 4 nitrogen and oxygen atoms in total. The fourth-order valence-corrected chi connectivity index (χ4v) is 2.41. The van der Waals surface area contributed by atoms with Gasteiger partial charge in [-0.3, -0.25) is 4.79 Å². The third kappa shape index (κ3) is 3.40. The van der Waals surface area contributed by atoms with Gasteiger partial charge in [-0.2, -0.15) is 0 Å². The number of hydrogen-bond acceptors (Lipinski definition) is 3. The maximum absolute atomic E-state index is 11.7. The molecule has 0 heterocycles. The van der Waals surface area contributed by atoms with Crippen molar-refractivity contribution in [2.75, 3.05) is 17.6 Å². The molecule has 0 saturated heterocycles. The van der Waals surface area contributed by atoms with Gasteiger partial charge in [0.2, 0.25) is 0 Å². The molecule has 1 saturated carbocycles. The minimum absolute atomic E-state index is 0.0731. The molecule has 1 fully saturated rings. The number of carbonyl (C=O) groups is 1. The second-order valence-corrected chi connectivity index (χ2v) is 5.20. The topological polar surface area (TPSA) is 67.2 Å². The highest BCUT2D eigenvalue weighted by molar-refractivity contribution is 5.96. The largest absolute Gasteiger partial charge is 0.397 e. The first-order valence-corrected chi connectivity index (χ1v) is 7.10. The van der Waals surface area contributed by atoms with Gasteiger partial charge < -0.3 is 16.4 Å². The number of carbonyl (C=O) groups excluding carboxylic acids is 1. The molecule has 4 heteroatoms. The summed E-state index contributed by atoms with van der Waals surface area (Å²) in [7, 11) is 0. The highest BCUT2D eigenvalue weighted by Gasteiger charge is 2.36. The van der Waals surface area contributed by atoms with Crippen LogP contribution in [0, 0.1) is 5.92 Å². The molecular weight excluding hydrogens is 238 g/mol. The van der Waals surface area contributed by atoms with Crippen molar-refractivity contribution in [3.8, 4) is 0 Å². The third-order valence-electron chi connectivity index (χ3n) is 3.57. The van der Waals surface area contributed by atoms with E-state index in [0.717, 1.165) is 11.6 Å². The normalized spacial score (nSPS) is 20.9. The van der Waals surface area contributed by atoms with E-state index in [1.807, 2.05) is 19.1 Å². The average molecular weight is 261 g/mol. The van der Waals surface area contributed by atoms with Crippen molar-refractivity contribution in [2.45, 2.75) is 39.2 Å². The lowest BCUT2D eigenvalue weighted by Gasteiger charge is -2.11. The van der Waals surface area contributed by atoms with Crippen LogP contribution in [-0.4, -0.2) is 18.5 Å². The molecule has 1 aliphatic carbocycles. The van der Waals surface area contributed by atoms with Gasteiger partial charge in [0, 0.05) is 18.2 Å². The number of amides is 1. The zero-order chi connectivity index (χ0) is 13.8. The number of benzene rings is 1. The Morgan fingerprint density at radius 3 is 2.84 bits per heavy atom. The van der Waals surface area contributed by atoms with Crippen LogP contribution in [0.25, 0.3) is 0 Å². The Bertz CT molecular complexity index is 459. The summed E-state index contributed by atoms with van der Waals surface area (Å²) in [5, 5.41) is 6.23. The van der Waals surface area contributed by atoms with Crippen LogP contribution >= 0.6 is 0 Å². The number of nitrogen functional groups attached to an aromatic ring is 1. The summed E-state index contributed by atoms with van der Waals surface area (Å²) in [6.45, 7) is 4.74. The quantitative estimate of drug-likeness (QED) is 0.690. The van der Waals surface area contributed by atoms with Crippen LogP contribution in [0.5, 0.6) is 0 Å². The van der Waals surface area contributed by atoms with Crippen molar-refractivity contribution in [3.63, 3.8) is 0 Å². The Labute approximate surface area is 114 Å². The first kappa shape index (κ1) is 13.7. The fraction of sp³-hybridized carbons (Fsp3) is 0.533. The lowest BCUT2D eigenvalue weighted by molar-refractivity contribution is 0.0956. The molecule has 4 N–H and O–H groups in total. The summed E-state index contributed by atoms with van der Waals surface area (Å²) < 4.78 is 0. The van der Waals surface area contributed by atoms with Gasteiger partial charge in [0.15, 0.2) is 0 Å². The molecule has 0 aromatic heterocycles. The summed E-state index contributed by atoms with van der Waals surface area (Å²) in [5.74, 6) is 0.712. The van der Waals surface area contributed by atoms with E-state index in [4.69, 9.17) is 5.73 Å². The minimum Gasteiger partial charge on any atom is -0.397 e. The molecule has 1 aromatic rings. The van der Waals surface area contributed by atoms with E-state index in [-0.39, 0.29) is 5.91 Å². The number of hydrogen-bond donors (Lipinski definition) is 3. The molecule has 104 valence electrons. The molecule has 0 spiro atoms. The predicted octanol–water partition coefficient (Wildman–Crippen LogP) is 2.62. The smallest absolute Gasteiger partial charge is 0.251 e. The fourth-order valence-electron chi connectivity index (χ4n) is 2.41. The summed E-state index contributed by atoms with van der Waals surface area (Å²) in [6, 6.07) is 6.02. The third-order valence-corrected chi connectivity index (χ3v) is 3.57. The van der Waals surface area contributed by atoms with Gasteiger partial charge in [0.05, 0.1) is 11.4 Å². The van der Waals surface area contributed by atoms with E-state index in [1.165, 1.54) is 19.3 Å². The standard InChI is InChI=1S/C15H23N3O/c1-3-5-10-9-14(10)18-13-7-6-11(8-12(13)16)15(19)17-4-2/h6-8,10,14,18H,3-5,9,16H2,1-2H3,(H,17,19).